The first-order valence-electron chi connectivity index (χ1n) is 7.77. The highest BCUT2D eigenvalue weighted by Gasteiger charge is 2.40. The number of hydrogen-bond donors (Lipinski definition) is 1. The molecule has 0 unspecified atom stereocenters. The van der Waals surface area contributed by atoms with Crippen LogP contribution in [-0.4, -0.2) is 14.2 Å². The quantitative estimate of drug-likeness (QED) is 0.778. The Labute approximate surface area is 155 Å². The summed E-state index contributed by atoms with van der Waals surface area (Å²) in [6.45, 7) is 0. The lowest BCUT2D eigenvalue weighted by molar-refractivity contribution is -0.123. The molecule has 136 valence electrons. The molecule has 0 spiro atoms. The van der Waals surface area contributed by atoms with Gasteiger partial charge in [-0.2, -0.15) is 8.42 Å². The molecule has 2 N–H and O–H groups in total. The lowest BCUT2D eigenvalue weighted by Gasteiger charge is -2.11. The third kappa shape index (κ3) is 3.81. The van der Waals surface area contributed by atoms with Crippen molar-refractivity contribution in [1.29, 1.82) is 0 Å². The molecule has 0 fully saturated rings. The van der Waals surface area contributed by atoms with E-state index in [0.29, 0.717) is 5.56 Å². The standard InChI is InChI=1S/C17H13ClFNO5S/c18-13-7-6-11(19)8-12(13)15-14(21)16(17(20)24-15)25-26(22,23)9-10-4-2-1-3-5-10/h1-8,15H,9,20H2/t15-/m1/s1/i15D. The maximum atomic E-state index is 13.5. The van der Waals surface area contributed by atoms with Gasteiger partial charge < -0.3 is 14.7 Å². The molecule has 0 saturated carbocycles. The zero-order valence-electron chi connectivity index (χ0n) is 14.1. The van der Waals surface area contributed by atoms with E-state index in [0.717, 1.165) is 18.2 Å². The van der Waals surface area contributed by atoms with Gasteiger partial charge in [-0.15, -0.1) is 0 Å². The Hall–Kier alpha value is -2.58. The third-order valence-electron chi connectivity index (χ3n) is 3.42. The Morgan fingerprint density at radius 3 is 2.65 bits per heavy atom. The van der Waals surface area contributed by atoms with Gasteiger partial charge in [0.1, 0.15) is 11.6 Å². The van der Waals surface area contributed by atoms with Crippen molar-refractivity contribution in [1.82, 2.24) is 0 Å². The Morgan fingerprint density at radius 1 is 1.27 bits per heavy atom. The number of carbonyl (C=O) groups is 1. The van der Waals surface area contributed by atoms with Crippen LogP contribution in [0.15, 0.2) is 60.2 Å². The first kappa shape index (κ1) is 16.9. The van der Waals surface area contributed by atoms with Crippen LogP contribution in [0.3, 0.4) is 0 Å². The van der Waals surface area contributed by atoms with Crippen LogP contribution in [0, 0.1) is 5.82 Å². The second kappa shape index (κ2) is 6.97. The molecule has 3 rings (SSSR count). The molecule has 1 heterocycles. The van der Waals surface area contributed by atoms with Gasteiger partial charge in [0.05, 0.1) is 1.37 Å². The van der Waals surface area contributed by atoms with Crippen LogP contribution in [0.2, 0.25) is 5.02 Å². The molecule has 0 saturated heterocycles. The topological polar surface area (TPSA) is 95.7 Å². The molecule has 0 aliphatic carbocycles. The van der Waals surface area contributed by atoms with Crippen LogP contribution >= 0.6 is 11.6 Å². The summed E-state index contributed by atoms with van der Waals surface area (Å²) in [6, 6.07) is 11.1. The first-order chi connectivity index (χ1) is 12.6. The molecule has 6 nitrogen and oxygen atoms in total. The van der Waals surface area contributed by atoms with Gasteiger partial charge in [0.15, 0.2) is 6.08 Å². The number of ketones is 1. The summed E-state index contributed by atoms with van der Waals surface area (Å²) < 4.78 is 56.1. The molecule has 0 amide bonds. The highest BCUT2D eigenvalue weighted by atomic mass is 35.5. The van der Waals surface area contributed by atoms with E-state index in [1.165, 1.54) is 0 Å². The zero-order chi connectivity index (χ0) is 19.8. The Bertz CT molecular complexity index is 1040. The van der Waals surface area contributed by atoms with Crippen LogP contribution in [0.4, 0.5) is 4.39 Å². The van der Waals surface area contributed by atoms with Crippen molar-refractivity contribution in [3.05, 3.63) is 82.1 Å². The zero-order valence-corrected chi connectivity index (χ0v) is 14.7. The number of nitrogens with two attached hydrogens (primary N) is 1. The average Bonchev–Trinajstić information content (AvgIpc) is 2.81. The average molecular weight is 399 g/mol. The van der Waals surface area contributed by atoms with Gasteiger partial charge in [0, 0.05) is 10.6 Å². The second-order valence-corrected chi connectivity index (χ2v) is 7.33. The Morgan fingerprint density at radius 2 is 1.96 bits per heavy atom. The molecular weight excluding hydrogens is 385 g/mol. The predicted molar refractivity (Wildman–Crippen MR) is 91.6 cm³/mol. The van der Waals surface area contributed by atoms with Crippen molar-refractivity contribution in [2.24, 2.45) is 5.73 Å². The van der Waals surface area contributed by atoms with Crippen LogP contribution in [0.1, 0.15) is 18.6 Å². The van der Waals surface area contributed by atoms with Crippen LogP contribution in [-0.2, 0) is 29.6 Å². The molecule has 0 aromatic heterocycles. The van der Waals surface area contributed by atoms with Crippen molar-refractivity contribution in [3.8, 4) is 0 Å². The number of ether oxygens (including phenoxy) is 1. The molecule has 2 aromatic rings. The molecular formula is C17H13ClFNO5S. The summed E-state index contributed by atoms with van der Waals surface area (Å²) in [5.74, 6) is -4.04. The summed E-state index contributed by atoms with van der Waals surface area (Å²) in [5.41, 5.74) is 5.66. The smallest absolute Gasteiger partial charge is 0.313 e. The molecule has 1 aliphatic heterocycles. The number of carbonyl (C=O) groups excluding carboxylic acids is 1. The number of hydrogen-bond acceptors (Lipinski definition) is 6. The van der Waals surface area contributed by atoms with Crippen LogP contribution in [0.5, 0.6) is 0 Å². The third-order valence-corrected chi connectivity index (χ3v) is 4.85. The van der Waals surface area contributed by atoms with Gasteiger partial charge in [-0.25, -0.2) is 4.39 Å². The van der Waals surface area contributed by atoms with E-state index in [9.17, 15) is 17.6 Å². The summed E-state index contributed by atoms with van der Waals surface area (Å²) in [5, 5.41) is -0.124. The maximum absolute atomic E-state index is 13.5. The van der Waals surface area contributed by atoms with Gasteiger partial charge in [-0.05, 0) is 23.8 Å². The molecule has 1 atom stereocenters. The summed E-state index contributed by atoms with van der Waals surface area (Å²) >= 11 is 5.93. The fourth-order valence-corrected chi connectivity index (χ4v) is 3.55. The molecule has 0 bridgehead atoms. The number of Topliss-reactive ketones (excluding diaryl/α,β-unsaturated/α-hetero) is 1. The minimum absolute atomic E-state index is 0.124. The van der Waals surface area contributed by atoms with Crippen LogP contribution < -0.4 is 5.73 Å². The van der Waals surface area contributed by atoms with E-state index in [4.69, 9.17) is 27.6 Å². The van der Waals surface area contributed by atoms with E-state index in [1.54, 1.807) is 30.3 Å². The number of rotatable bonds is 5. The Balaban J connectivity index is 1.88. The second-order valence-electron chi connectivity index (χ2n) is 5.35. The largest absolute Gasteiger partial charge is 0.460 e. The monoisotopic (exact) mass is 398 g/mol. The minimum Gasteiger partial charge on any atom is -0.460 e. The fourth-order valence-electron chi connectivity index (χ4n) is 2.28. The van der Waals surface area contributed by atoms with Gasteiger partial charge in [0.2, 0.25) is 17.4 Å². The van der Waals surface area contributed by atoms with Gasteiger partial charge >= 0.3 is 10.1 Å². The first-order valence-corrected chi connectivity index (χ1v) is 9.23. The van der Waals surface area contributed by atoms with E-state index >= 15 is 0 Å². The highest BCUT2D eigenvalue weighted by Crippen LogP contribution is 2.36. The minimum atomic E-state index is -4.26. The van der Waals surface area contributed by atoms with E-state index in [1.807, 2.05) is 0 Å². The summed E-state index contributed by atoms with van der Waals surface area (Å²) in [6.07, 6.45) is -2.55. The normalized spacial score (nSPS) is 20.7. The summed E-state index contributed by atoms with van der Waals surface area (Å²) in [7, 11) is -4.26. The predicted octanol–water partition coefficient (Wildman–Crippen LogP) is 2.79. The van der Waals surface area contributed by atoms with Gasteiger partial charge in [0.25, 0.3) is 0 Å². The van der Waals surface area contributed by atoms with Crippen LogP contribution in [0.25, 0.3) is 0 Å². The van der Waals surface area contributed by atoms with Crippen molar-refractivity contribution < 1.29 is 27.9 Å². The highest BCUT2D eigenvalue weighted by molar-refractivity contribution is 7.86. The number of benzene rings is 2. The molecule has 1 aliphatic rings. The SMILES string of the molecule is [2H][C@]1(c2cc(F)ccc2Cl)OC(N)=C(OS(=O)(=O)Cc2ccccc2)C1=O. The van der Waals surface area contributed by atoms with E-state index < -0.39 is 45.2 Å². The molecule has 2 aromatic carbocycles. The number of halogens is 2. The molecule has 26 heavy (non-hydrogen) atoms. The van der Waals surface area contributed by atoms with E-state index in [2.05, 4.69) is 0 Å². The molecule has 9 heteroatoms. The summed E-state index contributed by atoms with van der Waals surface area (Å²) in [4.78, 5) is 12.6. The lowest BCUT2D eigenvalue weighted by atomic mass is 10.1. The van der Waals surface area contributed by atoms with Gasteiger partial charge in [-0.1, -0.05) is 41.9 Å². The van der Waals surface area contributed by atoms with E-state index in [-0.39, 0.29) is 10.6 Å². The lowest BCUT2D eigenvalue weighted by Crippen LogP contribution is -2.16. The van der Waals surface area contributed by atoms with Crippen molar-refractivity contribution in [3.63, 3.8) is 0 Å². The fraction of sp³-hybridized carbons (Fsp3) is 0.118. The van der Waals surface area contributed by atoms with Crippen molar-refractivity contribution in [2.75, 3.05) is 0 Å². The van der Waals surface area contributed by atoms with Crippen molar-refractivity contribution in [2.45, 2.75) is 11.8 Å². The molecule has 0 radical (unpaired) electrons. The Kier molecular flexibility index (Phi) is 4.52. The van der Waals surface area contributed by atoms with Crippen molar-refractivity contribution >= 4 is 27.5 Å². The van der Waals surface area contributed by atoms with Gasteiger partial charge in [-0.3, -0.25) is 4.79 Å². The maximum Gasteiger partial charge on any atom is 0.313 e.